The highest BCUT2D eigenvalue weighted by molar-refractivity contribution is 6.25. The zero-order valence-electron chi connectivity index (χ0n) is 40.0. The van der Waals surface area contributed by atoms with Crippen molar-refractivity contribution in [3.63, 3.8) is 0 Å². The highest BCUT2D eigenvalue weighted by atomic mass is 16.3. The van der Waals surface area contributed by atoms with Crippen LogP contribution in [-0.4, -0.2) is 0 Å². The smallest absolute Gasteiger partial charge is 0.159 e. The van der Waals surface area contributed by atoms with Crippen LogP contribution in [0.15, 0.2) is 274 Å². The molecule has 3 aromatic heterocycles. The molecule has 0 bridgehead atoms. The molecular formula is C70H43NO3. The monoisotopic (exact) mass is 945 g/mol. The lowest BCUT2D eigenvalue weighted by Gasteiger charge is -2.27. The van der Waals surface area contributed by atoms with Crippen molar-refractivity contribution in [2.24, 2.45) is 0 Å². The molecule has 0 saturated carbocycles. The second-order valence-electron chi connectivity index (χ2n) is 19.1. The van der Waals surface area contributed by atoms with Gasteiger partial charge in [0.25, 0.3) is 0 Å². The maximum atomic E-state index is 7.45. The second kappa shape index (κ2) is 16.9. The highest BCUT2D eigenvalue weighted by Crippen LogP contribution is 2.51. The van der Waals surface area contributed by atoms with E-state index < -0.39 is 0 Å². The minimum Gasteiger partial charge on any atom is -0.455 e. The Morgan fingerprint density at radius 3 is 1.42 bits per heavy atom. The zero-order valence-corrected chi connectivity index (χ0v) is 40.0. The first-order chi connectivity index (χ1) is 36.7. The number of nitrogens with zero attached hydrogens (tertiary/aromatic N) is 1. The summed E-state index contributed by atoms with van der Waals surface area (Å²) < 4.78 is 20.8. The van der Waals surface area contributed by atoms with E-state index in [9.17, 15) is 0 Å². The van der Waals surface area contributed by atoms with E-state index >= 15 is 0 Å². The number of anilines is 3. The van der Waals surface area contributed by atoms with Crippen molar-refractivity contribution in [3.05, 3.63) is 261 Å². The van der Waals surface area contributed by atoms with Gasteiger partial charge in [-0.15, -0.1) is 0 Å². The van der Waals surface area contributed by atoms with Crippen LogP contribution in [-0.2, 0) is 0 Å². The van der Waals surface area contributed by atoms with Gasteiger partial charge in [0.05, 0.1) is 16.8 Å². The SMILES string of the molecule is c1ccc(-c2ccc(N(c3cccc4c3oc3ccccc34)c3ccc(-c4ccc(-c5cccc6c5oc5ccccc56)cc4)c4oc5c6ccccc6c(-c6cccc(-c7ccccc7)c6)cc5c34)cc2)cc1. The first kappa shape index (κ1) is 41.8. The Morgan fingerprint density at radius 2 is 0.716 bits per heavy atom. The van der Waals surface area contributed by atoms with Gasteiger partial charge in [-0.2, -0.15) is 0 Å². The Labute approximate surface area is 426 Å². The third-order valence-electron chi connectivity index (χ3n) is 14.9. The van der Waals surface area contributed by atoms with E-state index in [-0.39, 0.29) is 0 Å². The van der Waals surface area contributed by atoms with Gasteiger partial charge < -0.3 is 18.2 Å². The van der Waals surface area contributed by atoms with Crippen LogP contribution in [0.3, 0.4) is 0 Å². The number of benzene rings is 12. The Hall–Kier alpha value is -9.90. The van der Waals surface area contributed by atoms with Crippen molar-refractivity contribution in [2.75, 3.05) is 4.90 Å². The van der Waals surface area contributed by atoms with E-state index in [2.05, 4.69) is 248 Å². The molecule has 346 valence electrons. The summed E-state index contributed by atoms with van der Waals surface area (Å²) in [5, 5.41) is 8.54. The molecule has 0 N–H and O–H groups in total. The topological polar surface area (TPSA) is 42.7 Å². The van der Waals surface area contributed by atoms with Crippen LogP contribution in [0, 0.1) is 0 Å². The fourth-order valence-corrected chi connectivity index (χ4v) is 11.4. The maximum absolute atomic E-state index is 7.45. The first-order valence-corrected chi connectivity index (χ1v) is 25.1. The van der Waals surface area contributed by atoms with Crippen molar-refractivity contribution in [3.8, 4) is 55.6 Å². The van der Waals surface area contributed by atoms with E-state index in [1.54, 1.807) is 0 Å². The molecule has 0 radical (unpaired) electrons. The van der Waals surface area contributed by atoms with Crippen molar-refractivity contribution >= 4 is 93.7 Å². The molecule has 74 heavy (non-hydrogen) atoms. The number of para-hydroxylation sites is 4. The van der Waals surface area contributed by atoms with Crippen LogP contribution in [0.4, 0.5) is 17.1 Å². The number of hydrogen-bond donors (Lipinski definition) is 0. The van der Waals surface area contributed by atoms with E-state index in [4.69, 9.17) is 13.3 Å². The van der Waals surface area contributed by atoms with E-state index in [1.165, 1.54) is 5.56 Å². The molecule has 0 atom stereocenters. The third-order valence-corrected chi connectivity index (χ3v) is 14.9. The largest absolute Gasteiger partial charge is 0.455 e. The summed E-state index contributed by atoms with van der Waals surface area (Å²) in [7, 11) is 0. The van der Waals surface area contributed by atoms with Crippen LogP contribution in [0.25, 0.3) is 132 Å². The first-order valence-electron chi connectivity index (χ1n) is 25.1. The van der Waals surface area contributed by atoms with Crippen molar-refractivity contribution in [1.82, 2.24) is 0 Å². The normalized spacial score (nSPS) is 11.8. The molecule has 4 heteroatoms. The molecule has 0 aliphatic carbocycles. The molecule has 15 rings (SSSR count). The molecule has 15 aromatic rings. The van der Waals surface area contributed by atoms with Crippen molar-refractivity contribution < 1.29 is 13.3 Å². The van der Waals surface area contributed by atoms with E-state index in [0.29, 0.717) is 0 Å². The molecule has 0 aliphatic rings. The summed E-state index contributed by atoms with van der Waals surface area (Å²) in [5.41, 5.74) is 19.0. The summed E-state index contributed by atoms with van der Waals surface area (Å²) >= 11 is 0. The third kappa shape index (κ3) is 6.69. The fraction of sp³-hybridized carbons (Fsp3) is 0. The molecule has 4 nitrogen and oxygen atoms in total. The van der Waals surface area contributed by atoms with E-state index in [0.717, 1.165) is 144 Å². The van der Waals surface area contributed by atoms with Gasteiger partial charge in [0.1, 0.15) is 27.9 Å². The van der Waals surface area contributed by atoms with Gasteiger partial charge in [0.15, 0.2) is 5.58 Å². The fourth-order valence-electron chi connectivity index (χ4n) is 11.4. The summed E-state index contributed by atoms with van der Waals surface area (Å²) in [4.78, 5) is 2.36. The number of furan rings is 3. The van der Waals surface area contributed by atoms with Gasteiger partial charge in [-0.25, -0.2) is 0 Å². The molecule has 0 spiro atoms. The van der Waals surface area contributed by atoms with Crippen LogP contribution in [0.2, 0.25) is 0 Å². The summed E-state index contributed by atoms with van der Waals surface area (Å²) in [6.07, 6.45) is 0. The van der Waals surface area contributed by atoms with Crippen LogP contribution < -0.4 is 4.90 Å². The minimum absolute atomic E-state index is 0.799. The minimum atomic E-state index is 0.799. The zero-order chi connectivity index (χ0) is 48.7. The maximum Gasteiger partial charge on any atom is 0.159 e. The van der Waals surface area contributed by atoms with Crippen LogP contribution in [0.5, 0.6) is 0 Å². The van der Waals surface area contributed by atoms with Gasteiger partial charge in [0.2, 0.25) is 0 Å². The van der Waals surface area contributed by atoms with Crippen LogP contribution >= 0.6 is 0 Å². The average Bonchev–Trinajstić information content (AvgIpc) is 4.19. The van der Waals surface area contributed by atoms with Gasteiger partial charge in [-0.3, -0.25) is 0 Å². The molecule has 3 heterocycles. The summed E-state index contributed by atoms with van der Waals surface area (Å²) in [5.74, 6) is 0. The van der Waals surface area contributed by atoms with Crippen molar-refractivity contribution in [1.29, 1.82) is 0 Å². The second-order valence-corrected chi connectivity index (χ2v) is 19.1. The number of rotatable bonds is 8. The predicted molar refractivity (Wildman–Crippen MR) is 308 cm³/mol. The van der Waals surface area contributed by atoms with Gasteiger partial charge in [-0.05, 0) is 104 Å². The quantitative estimate of drug-likeness (QED) is 0.152. The molecule has 0 aliphatic heterocycles. The summed E-state index contributed by atoms with van der Waals surface area (Å²) in [6.45, 7) is 0. The Bertz CT molecular complexity index is 4640. The van der Waals surface area contributed by atoms with Crippen molar-refractivity contribution in [2.45, 2.75) is 0 Å². The standard InChI is InChI=1S/C70H43NO3/c1-3-16-44(17-4-1)46-36-38-51(39-37-46)71(63-29-15-28-59-56-24-10-12-31-65(56)73-69(59)63)62-41-40-53(48-34-32-47(33-35-48)52-26-14-27-58-55-23-9-11-30-64(55)72-67(52)58)70-66(62)61-43-60(54-22-7-8-25-57(54)68(61)74-70)50-21-13-20-49(42-50)45-18-5-2-6-19-45/h1-43H. The lowest BCUT2D eigenvalue weighted by Crippen LogP contribution is -2.11. The summed E-state index contributed by atoms with van der Waals surface area (Å²) in [6, 6.07) is 92.7. The highest BCUT2D eigenvalue weighted by Gasteiger charge is 2.27. The lowest BCUT2D eigenvalue weighted by molar-refractivity contribution is 0.669. The number of hydrogen-bond acceptors (Lipinski definition) is 4. The van der Waals surface area contributed by atoms with Gasteiger partial charge in [-0.1, -0.05) is 206 Å². The molecule has 0 fully saturated rings. The molecule has 0 unspecified atom stereocenters. The van der Waals surface area contributed by atoms with Crippen LogP contribution in [0.1, 0.15) is 0 Å². The average molecular weight is 946 g/mol. The Kier molecular flexibility index (Phi) is 9.54. The predicted octanol–water partition coefficient (Wildman–Crippen LogP) is 20.3. The Morgan fingerprint density at radius 1 is 0.230 bits per heavy atom. The lowest BCUT2D eigenvalue weighted by atomic mass is 9.92. The van der Waals surface area contributed by atoms with E-state index in [1.807, 2.05) is 18.2 Å². The number of fused-ring (bicyclic) bond motifs is 11. The Balaban J connectivity index is 0.998. The molecular weight excluding hydrogens is 903 g/mol. The molecule has 0 amide bonds. The van der Waals surface area contributed by atoms with Gasteiger partial charge >= 0.3 is 0 Å². The van der Waals surface area contributed by atoms with Gasteiger partial charge in [0, 0.05) is 49.1 Å². The molecule has 12 aromatic carbocycles. The molecule has 0 saturated heterocycles.